The van der Waals surface area contributed by atoms with E-state index in [2.05, 4.69) is 17.2 Å². The third-order valence-electron chi connectivity index (χ3n) is 4.24. The number of rotatable bonds is 9. The Morgan fingerprint density at radius 1 is 1.04 bits per heavy atom. The van der Waals surface area contributed by atoms with Gasteiger partial charge in [-0.3, -0.25) is 10.1 Å². The minimum absolute atomic E-state index is 0.187. The number of nitrogens with zero attached hydrogens (tertiary/aromatic N) is 1. The molecule has 0 saturated carbocycles. The van der Waals surface area contributed by atoms with Gasteiger partial charge < -0.3 is 9.47 Å². The van der Waals surface area contributed by atoms with Gasteiger partial charge in [0, 0.05) is 16.5 Å². The molecule has 1 N–H and O–H groups in total. The molecule has 0 aliphatic rings. The number of benzene rings is 2. The fourth-order valence-electron chi connectivity index (χ4n) is 2.64. The number of ether oxygens (including phenoxy) is 2. The summed E-state index contributed by atoms with van der Waals surface area (Å²) >= 11 is 1.40. The van der Waals surface area contributed by atoms with Gasteiger partial charge >= 0.3 is 0 Å². The highest BCUT2D eigenvalue weighted by Crippen LogP contribution is 2.27. The smallest absolute Gasteiger partial charge is 0.257 e. The van der Waals surface area contributed by atoms with Crippen molar-refractivity contribution in [2.24, 2.45) is 0 Å². The van der Waals surface area contributed by atoms with Gasteiger partial charge in [-0.1, -0.05) is 19.8 Å². The van der Waals surface area contributed by atoms with Crippen LogP contribution in [0.15, 0.2) is 53.9 Å². The number of hydrogen-bond acceptors (Lipinski definition) is 5. The number of carbonyl (C=O) groups excluding carboxylic acids is 1. The minimum Gasteiger partial charge on any atom is -0.497 e. The van der Waals surface area contributed by atoms with Crippen LogP contribution in [-0.4, -0.2) is 24.6 Å². The first-order chi connectivity index (χ1) is 13.7. The molecule has 0 fully saturated rings. The van der Waals surface area contributed by atoms with Crippen LogP contribution in [0.3, 0.4) is 0 Å². The molecule has 2 aromatic carbocycles. The number of aromatic nitrogens is 1. The normalized spacial score (nSPS) is 10.5. The van der Waals surface area contributed by atoms with E-state index >= 15 is 0 Å². The fraction of sp³-hybridized carbons (Fsp3) is 0.273. The number of amides is 1. The predicted molar refractivity (Wildman–Crippen MR) is 114 cm³/mol. The van der Waals surface area contributed by atoms with Crippen LogP contribution in [0.5, 0.6) is 11.5 Å². The molecule has 146 valence electrons. The highest BCUT2D eigenvalue weighted by molar-refractivity contribution is 7.14. The highest BCUT2D eigenvalue weighted by atomic mass is 32.1. The van der Waals surface area contributed by atoms with Gasteiger partial charge in [-0.2, -0.15) is 0 Å². The molecule has 0 spiro atoms. The quantitative estimate of drug-likeness (QED) is 0.476. The molecule has 0 unspecified atom stereocenters. The summed E-state index contributed by atoms with van der Waals surface area (Å²) in [5.74, 6) is 1.39. The number of hydrogen-bond donors (Lipinski definition) is 1. The second kappa shape index (κ2) is 9.90. The number of methoxy groups -OCH3 is 1. The molecule has 28 heavy (non-hydrogen) atoms. The van der Waals surface area contributed by atoms with Crippen LogP contribution in [0.2, 0.25) is 0 Å². The van der Waals surface area contributed by atoms with Gasteiger partial charge in [0.25, 0.3) is 5.91 Å². The van der Waals surface area contributed by atoms with Crippen molar-refractivity contribution in [2.45, 2.75) is 26.2 Å². The van der Waals surface area contributed by atoms with Crippen molar-refractivity contribution in [1.29, 1.82) is 0 Å². The van der Waals surface area contributed by atoms with Crippen molar-refractivity contribution in [3.63, 3.8) is 0 Å². The van der Waals surface area contributed by atoms with Crippen LogP contribution in [-0.2, 0) is 0 Å². The van der Waals surface area contributed by atoms with Gasteiger partial charge in [0.1, 0.15) is 11.5 Å². The Labute approximate surface area is 169 Å². The first kappa shape index (κ1) is 19.9. The second-order valence-corrected chi connectivity index (χ2v) is 7.16. The lowest BCUT2D eigenvalue weighted by Crippen LogP contribution is -2.11. The van der Waals surface area contributed by atoms with E-state index in [1.165, 1.54) is 17.8 Å². The monoisotopic (exact) mass is 396 g/mol. The minimum atomic E-state index is -0.187. The predicted octanol–water partition coefficient (Wildman–Crippen LogP) is 5.64. The van der Waals surface area contributed by atoms with Gasteiger partial charge in [0.15, 0.2) is 5.13 Å². The zero-order chi connectivity index (χ0) is 19.8. The van der Waals surface area contributed by atoms with Crippen molar-refractivity contribution in [2.75, 3.05) is 19.0 Å². The third kappa shape index (κ3) is 5.33. The van der Waals surface area contributed by atoms with Crippen LogP contribution >= 0.6 is 11.3 Å². The summed E-state index contributed by atoms with van der Waals surface area (Å²) < 4.78 is 10.8. The molecule has 0 bridgehead atoms. The molecule has 6 heteroatoms. The van der Waals surface area contributed by atoms with Crippen LogP contribution < -0.4 is 14.8 Å². The number of carbonyl (C=O) groups is 1. The number of unbranched alkanes of at least 4 members (excludes halogenated alkanes) is 2. The zero-order valence-electron chi connectivity index (χ0n) is 16.1. The Morgan fingerprint density at radius 3 is 2.43 bits per heavy atom. The summed E-state index contributed by atoms with van der Waals surface area (Å²) in [5.41, 5.74) is 2.36. The first-order valence-corrected chi connectivity index (χ1v) is 10.2. The van der Waals surface area contributed by atoms with E-state index in [-0.39, 0.29) is 5.91 Å². The standard InChI is InChI=1S/C22H24N2O3S/c1-3-4-5-14-27-19-12-8-17(9-13-19)21(25)24-22-23-20(15-28-22)16-6-10-18(26-2)11-7-16/h6-13,15H,3-5,14H2,1-2H3,(H,23,24,25). The van der Waals surface area contributed by atoms with E-state index in [4.69, 9.17) is 9.47 Å². The van der Waals surface area contributed by atoms with Gasteiger partial charge in [-0.25, -0.2) is 4.98 Å². The average molecular weight is 397 g/mol. The lowest BCUT2D eigenvalue weighted by Gasteiger charge is -2.07. The van der Waals surface area contributed by atoms with E-state index in [0.29, 0.717) is 17.3 Å². The van der Waals surface area contributed by atoms with Crippen molar-refractivity contribution in [3.8, 4) is 22.8 Å². The molecule has 1 heterocycles. The molecule has 0 atom stereocenters. The Bertz CT molecular complexity index is 889. The van der Waals surface area contributed by atoms with E-state index in [1.807, 2.05) is 41.8 Å². The highest BCUT2D eigenvalue weighted by Gasteiger charge is 2.10. The van der Waals surface area contributed by atoms with Crippen LogP contribution in [0.1, 0.15) is 36.5 Å². The van der Waals surface area contributed by atoms with Crippen molar-refractivity contribution in [3.05, 3.63) is 59.5 Å². The van der Waals surface area contributed by atoms with E-state index < -0.39 is 0 Å². The summed E-state index contributed by atoms with van der Waals surface area (Å²) in [6.07, 6.45) is 3.37. The molecular formula is C22H24N2O3S. The Balaban J connectivity index is 1.58. The lowest BCUT2D eigenvalue weighted by atomic mass is 10.2. The van der Waals surface area contributed by atoms with E-state index in [0.717, 1.165) is 35.6 Å². The van der Waals surface area contributed by atoms with Gasteiger partial charge in [0.2, 0.25) is 0 Å². The summed E-state index contributed by atoms with van der Waals surface area (Å²) in [4.78, 5) is 17.0. The number of thiazole rings is 1. The maximum Gasteiger partial charge on any atom is 0.257 e. The van der Waals surface area contributed by atoms with Crippen LogP contribution in [0.4, 0.5) is 5.13 Å². The summed E-state index contributed by atoms with van der Waals surface area (Å²) in [6.45, 7) is 2.86. The van der Waals surface area contributed by atoms with E-state index in [1.54, 1.807) is 19.2 Å². The fourth-order valence-corrected chi connectivity index (χ4v) is 3.35. The van der Waals surface area contributed by atoms with Gasteiger partial charge in [0.05, 0.1) is 19.4 Å². The maximum absolute atomic E-state index is 12.5. The van der Waals surface area contributed by atoms with Crippen molar-refractivity contribution >= 4 is 22.4 Å². The molecule has 0 aliphatic carbocycles. The third-order valence-corrected chi connectivity index (χ3v) is 5.00. The molecular weight excluding hydrogens is 372 g/mol. The lowest BCUT2D eigenvalue weighted by molar-refractivity contribution is 0.102. The molecule has 3 rings (SSSR count). The summed E-state index contributed by atoms with van der Waals surface area (Å²) in [6, 6.07) is 14.8. The number of nitrogens with one attached hydrogen (secondary N) is 1. The average Bonchev–Trinajstić information content (AvgIpc) is 3.20. The molecule has 1 aromatic heterocycles. The second-order valence-electron chi connectivity index (χ2n) is 6.30. The SMILES string of the molecule is CCCCCOc1ccc(C(=O)Nc2nc(-c3ccc(OC)cc3)cs2)cc1. The summed E-state index contributed by atoms with van der Waals surface area (Å²) in [7, 11) is 1.64. The molecule has 1 amide bonds. The Hall–Kier alpha value is -2.86. The topological polar surface area (TPSA) is 60.5 Å². The summed E-state index contributed by atoms with van der Waals surface area (Å²) in [5, 5.41) is 5.34. The van der Waals surface area contributed by atoms with Gasteiger partial charge in [-0.05, 0) is 55.0 Å². The maximum atomic E-state index is 12.5. The number of anilines is 1. The molecule has 0 radical (unpaired) electrons. The van der Waals surface area contributed by atoms with Crippen molar-refractivity contribution in [1.82, 2.24) is 4.98 Å². The Kier molecular flexibility index (Phi) is 7.03. The molecule has 0 saturated heterocycles. The first-order valence-electron chi connectivity index (χ1n) is 9.33. The molecule has 0 aliphatic heterocycles. The zero-order valence-corrected chi connectivity index (χ0v) is 16.9. The van der Waals surface area contributed by atoms with Crippen LogP contribution in [0.25, 0.3) is 11.3 Å². The molecule has 3 aromatic rings. The van der Waals surface area contributed by atoms with Gasteiger partial charge in [-0.15, -0.1) is 11.3 Å². The van der Waals surface area contributed by atoms with E-state index in [9.17, 15) is 4.79 Å². The largest absolute Gasteiger partial charge is 0.497 e. The molecule has 5 nitrogen and oxygen atoms in total. The Morgan fingerprint density at radius 2 is 1.75 bits per heavy atom. The van der Waals surface area contributed by atoms with Crippen LogP contribution in [0, 0.1) is 0 Å². The van der Waals surface area contributed by atoms with Crippen molar-refractivity contribution < 1.29 is 14.3 Å².